The van der Waals surface area contributed by atoms with E-state index in [1.165, 1.54) is 11.3 Å². The number of pyridine rings is 1. The van der Waals surface area contributed by atoms with E-state index in [4.69, 9.17) is 4.52 Å². The molecule has 0 aromatic carbocycles. The van der Waals surface area contributed by atoms with Crippen LogP contribution in [0.4, 0.5) is 0 Å². The summed E-state index contributed by atoms with van der Waals surface area (Å²) in [6, 6.07) is 5.55. The second-order valence-electron chi connectivity index (χ2n) is 5.32. The van der Waals surface area contributed by atoms with Crippen molar-refractivity contribution in [1.29, 1.82) is 0 Å². The molecular weight excluding hydrogens is 326 g/mol. The van der Waals surface area contributed by atoms with Gasteiger partial charge in [0.05, 0.1) is 11.7 Å². The van der Waals surface area contributed by atoms with E-state index in [-0.39, 0.29) is 5.56 Å². The molecule has 120 valence electrons. The van der Waals surface area contributed by atoms with Gasteiger partial charge in [-0.1, -0.05) is 5.16 Å². The molecule has 0 spiro atoms. The number of hydrogen-bond donors (Lipinski definition) is 0. The van der Waals surface area contributed by atoms with Gasteiger partial charge in [0.15, 0.2) is 0 Å². The Bertz CT molecular complexity index is 1050. The smallest absolute Gasteiger partial charge is 0.262 e. The van der Waals surface area contributed by atoms with Crippen molar-refractivity contribution in [2.45, 2.75) is 19.9 Å². The van der Waals surface area contributed by atoms with E-state index in [2.05, 4.69) is 20.1 Å². The minimum atomic E-state index is -0.0450. The number of fused-ring (bicyclic) bond motifs is 1. The quantitative estimate of drug-likeness (QED) is 0.567. The maximum absolute atomic E-state index is 12.4. The fourth-order valence-corrected chi connectivity index (χ4v) is 3.26. The summed E-state index contributed by atoms with van der Waals surface area (Å²) in [5.41, 5.74) is 0.748. The maximum Gasteiger partial charge on any atom is 0.262 e. The van der Waals surface area contributed by atoms with Gasteiger partial charge in [0.1, 0.15) is 4.83 Å². The highest BCUT2D eigenvalue weighted by Gasteiger charge is 2.11. The van der Waals surface area contributed by atoms with Gasteiger partial charge in [0.25, 0.3) is 5.56 Å². The molecule has 8 heteroatoms. The fraction of sp³-hybridized carbons (Fsp3) is 0.188. The predicted octanol–water partition coefficient (Wildman–Crippen LogP) is 2.45. The first-order valence-electron chi connectivity index (χ1n) is 7.39. The summed E-state index contributed by atoms with van der Waals surface area (Å²) in [5, 5.41) is 4.60. The molecule has 7 nitrogen and oxygen atoms in total. The first-order valence-corrected chi connectivity index (χ1v) is 8.21. The molecule has 0 bridgehead atoms. The topological polar surface area (TPSA) is 86.7 Å². The van der Waals surface area contributed by atoms with Crippen LogP contribution in [0.3, 0.4) is 0 Å². The lowest BCUT2D eigenvalue weighted by molar-refractivity contribution is 0.371. The third kappa shape index (κ3) is 2.71. The van der Waals surface area contributed by atoms with Crippen LogP contribution in [-0.4, -0.2) is 24.7 Å². The molecule has 4 aromatic heterocycles. The van der Waals surface area contributed by atoms with Gasteiger partial charge in [-0.05, 0) is 25.1 Å². The van der Waals surface area contributed by atoms with E-state index in [0.717, 1.165) is 15.3 Å². The lowest BCUT2D eigenvalue weighted by atomic mass is 10.3. The van der Waals surface area contributed by atoms with Crippen molar-refractivity contribution < 1.29 is 4.52 Å². The first-order chi connectivity index (χ1) is 11.7. The maximum atomic E-state index is 12.4. The average molecular weight is 339 g/mol. The minimum absolute atomic E-state index is 0.0450. The zero-order valence-corrected chi connectivity index (χ0v) is 13.7. The molecule has 0 aliphatic rings. The van der Waals surface area contributed by atoms with E-state index in [0.29, 0.717) is 30.1 Å². The van der Waals surface area contributed by atoms with Crippen LogP contribution in [0.15, 0.2) is 46.2 Å². The molecule has 0 atom stereocenters. The number of thiophene rings is 1. The molecule has 0 aliphatic carbocycles. The highest BCUT2D eigenvalue weighted by atomic mass is 32.1. The van der Waals surface area contributed by atoms with Crippen molar-refractivity contribution in [3.05, 3.63) is 58.0 Å². The largest absolute Gasteiger partial charge is 0.339 e. The van der Waals surface area contributed by atoms with Crippen LogP contribution < -0.4 is 5.56 Å². The van der Waals surface area contributed by atoms with Gasteiger partial charge in [0.2, 0.25) is 11.7 Å². The summed E-state index contributed by atoms with van der Waals surface area (Å²) in [7, 11) is 0. The summed E-state index contributed by atoms with van der Waals surface area (Å²) in [4.78, 5) is 27.0. The molecule has 0 radical (unpaired) electrons. The number of nitrogens with zero attached hydrogens (tertiary/aromatic N) is 5. The van der Waals surface area contributed by atoms with Gasteiger partial charge in [-0.25, -0.2) is 4.98 Å². The zero-order chi connectivity index (χ0) is 16.5. The molecule has 4 aromatic rings. The first kappa shape index (κ1) is 14.7. The molecule has 4 rings (SSSR count). The third-order valence-corrected chi connectivity index (χ3v) is 4.55. The summed E-state index contributed by atoms with van der Waals surface area (Å²) in [6.45, 7) is 2.40. The Kier molecular flexibility index (Phi) is 3.66. The Hall–Kier alpha value is -2.87. The predicted molar refractivity (Wildman–Crippen MR) is 89.9 cm³/mol. The fourth-order valence-electron chi connectivity index (χ4n) is 2.42. The van der Waals surface area contributed by atoms with Crippen LogP contribution in [0.5, 0.6) is 0 Å². The summed E-state index contributed by atoms with van der Waals surface area (Å²) >= 11 is 1.52. The van der Waals surface area contributed by atoms with Crippen molar-refractivity contribution in [2.24, 2.45) is 0 Å². The normalized spacial score (nSPS) is 11.2. The number of aryl methyl sites for hydroxylation is 3. The number of rotatable bonds is 4. The molecule has 0 aliphatic heterocycles. The summed E-state index contributed by atoms with van der Waals surface area (Å²) in [6.07, 6.45) is 5.39. The molecule has 0 saturated carbocycles. The van der Waals surface area contributed by atoms with Crippen LogP contribution in [0.25, 0.3) is 21.6 Å². The van der Waals surface area contributed by atoms with Gasteiger partial charge < -0.3 is 4.52 Å². The molecule has 24 heavy (non-hydrogen) atoms. The van der Waals surface area contributed by atoms with Crippen molar-refractivity contribution >= 4 is 21.6 Å². The molecular formula is C16H13N5O2S. The monoisotopic (exact) mass is 339 g/mol. The van der Waals surface area contributed by atoms with Crippen LogP contribution in [0.1, 0.15) is 10.8 Å². The zero-order valence-electron chi connectivity index (χ0n) is 12.8. The van der Waals surface area contributed by atoms with Gasteiger partial charge in [0, 0.05) is 35.8 Å². The van der Waals surface area contributed by atoms with E-state index in [9.17, 15) is 4.79 Å². The van der Waals surface area contributed by atoms with E-state index in [1.54, 1.807) is 23.3 Å². The van der Waals surface area contributed by atoms with Crippen molar-refractivity contribution in [1.82, 2.24) is 24.7 Å². The second kappa shape index (κ2) is 5.97. The van der Waals surface area contributed by atoms with Gasteiger partial charge in [-0.15, -0.1) is 11.3 Å². The van der Waals surface area contributed by atoms with Crippen LogP contribution >= 0.6 is 11.3 Å². The van der Waals surface area contributed by atoms with Crippen LogP contribution in [0, 0.1) is 6.92 Å². The van der Waals surface area contributed by atoms with E-state index >= 15 is 0 Å². The molecule has 0 amide bonds. The second-order valence-corrected chi connectivity index (χ2v) is 6.56. The van der Waals surface area contributed by atoms with Crippen LogP contribution in [0.2, 0.25) is 0 Å². The summed E-state index contributed by atoms with van der Waals surface area (Å²) in [5.74, 6) is 0.967. The Morgan fingerprint density at radius 1 is 1.38 bits per heavy atom. The Morgan fingerprint density at radius 2 is 2.29 bits per heavy atom. The molecule has 0 fully saturated rings. The molecule has 0 saturated heterocycles. The highest BCUT2D eigenvalue weighted by molar-refractivity contribution is 7.18. The van der Waals surface area contributed by atoms with Crippen molar-refractivity contribution in [3.63, 3.8) is 0 Å². The van der Waals surface area contributed by atoms with Crippen molar-refractivity contribution in [3.8, 4) is 11.4 Å². The Labute approximate surface area is 140 Å². The lowest BCUT2D eigenvalue weighted by Gasteiger charge is -2.02. The van der Waals surface area contributed by atoms with E-state index < -0.39 is 0 Å². The van der Waals surface area contributed by atoms with Crippen LogP contribution in [-0.2, 0) is 13.0 Å². The van der Waals surface area contributed by atoms with Gasteiger partial charge in [-0.2, -0.15) is 4.98 Å². The average Bonchev–Trinajstić information content (AvgIpc) is 3.22. The molecule has 0 unspecified atom stereocenters. The van der Waals surface area contributed by atoms with E-state index in [1.807, 2.05) is 25.1 Å². The lowest BCUT2D eigenvalue weighted by Crippen LogP contribution is -2.21. The van der Waals surface area contributed by atoms with Crippen molar-refractivity contribution in [2.75, 3.05) is 0 Å². The summed E-state index contributed by atoms with van der Waals surface area (Å²) < 4.78 is 6.82. The Morgan fingerprint density at radius 3 is 3.12 bits per heavy atom. The highest BCUT2D eigenvalue weighted by Crippen LogP contribution is 2.19. The molecule has 0 N–H and O–H groups in total. The van der Waals surface area contributed by atoms with Gasteiger partial charge in [-0.3, -0.25) is 14.3 Å². The molecule has 4 heterocycles. The third-order valence-electron chi connectivity index (χ3n) is 3.60. The number of hydrogen-bond acceptors (Lipinski definition) is 7. The Balaban J connectivity index is 1.54. The minimum Gasteiger partial charge on any atom is -0.339 e. The SMILES string of the molecule is Cc1cc2c(=O)n(CCc3nc(-c4cccnc4)no3)cnc2s1. The number of aromatic nitrogens is 5. The standard InChI is InChI=1S/C16H13N5O2S/c1-10-7-12-15(24-10)18-9-21(16(12)22)6-4-13-19-14(20-23-13)11-3-2-5-17-8-11/h2-3,5,7-9H,4,6H2,1H3. The van der Waals surface area contributed by atoms with Gasteiger partial charge >= 0.3 is 0 Å².